The van der Waals surface area contributed by atoms with E-state index >= 15 is 0 Å². The SMILES string of the molecule is CCCC[Te]c1ccccc1C(O)c1ccccc1. The molecule has 2 aromatic rings. The maximum absolute atomic E-state index is 10.6. The molecule has 0 saturated carbocycles. The van der Waals surface area contributed by atoms with Crippen molar-refractivity contribution >= 4 is 24.5 Å². The van der Waals surface area contributed by atoms with Gasteiger partial charge in [0.25, 0.3) is 0 Å². The molecule has 0 radical (unpaired) electrons. The molecular weight excluding hydrogens is 348 g/mol. The third kappa shape index (κ3) is 4.08. The molecule has 2 aromatic carbocycles. The number of aliphatic hydroxyl groups is 1. The summed E-state index contributed by atoms with van der Waals surface area (Å²) in [5, 5.41) is 10.6. The molecule has 0 aromatic heterocycles. The van der Waals surface area contributed by atoms with Crippen LogP contribution in [0.3, 0.4) is 0 Å². The van der Waals surface area contributed by atoms with Crippen LogP contribution in [0.2, 0.25) is 4.47 Å². The number of unbranched alkanes of at least 4 members (excludes halogenated alkanes) is 1. The molecule has 0 heterocycles. The van der Waals surface area contributed by atoms with E-state index in [1.807, 2.05) is 36.4 Å². The van der Waals surface area contributed by atoms with Crippen LogP contribution in [-0.4, -0.2) is 26.0 Å². The van der Waals surface area contributed by atoms with Crippen molar-refractivity contribution in [3.8, 4) is 0 Å². The van der Waals surface area contributed by atoms with Gasteiger partial charge in [-0.15, -0.1) is 0 Å². The van der Waals surface area contributed by atoms with Crippen LogP contribution in [-0.2, 0) is 0 Å². The van der Waals surface area contributed by atoms with Crippen LogP contribution in [0, 0.1) is 0 Å². The molecule has 19 heavy (non-hydrogen) atoms. The van der Waals surface area contributed by atoms with Gasteiger partial charge in [-0.3, -0.25) is 0 Å². The van der Waals surface area contributed by atoms with Crippen LogP contribution < -0.4 is 3.61 Å². The van der Waals surface area contributed by atoms with Gasteiger partial charge in [0, 0.05) is 0 Å². The molecule has 0 aliphatic carbocycles. The van der Waals surface area contributed by atoms with Gasteiger partial charge >= 0.3 is 126 Å². The van der Waals surface area contributed by atoms with Crippen molar-refractivity contribution in [1.82, 2.24) is 0 Å². The number of hydrogen-bond acceptors (Lipinski definition) is 1. The van der Waals surface area contributed by atoms with E-state index in [1.165, 1.54) is 20.9 Å². The fraction of sp³-hybridized carbons (Fsp3) is 0.294. The van der Waals surface area contributed by atoms with Crippen LogP contribution in [0.1, 0.15) is 37.0 Å². The summed E-state index contributed by atoms with van der Waals surface area (Å²) in [6, 6.07) is 18.3. The van der Waals surface area contributed by atoms with E-state index in [0.717, 1.165) is 11.1 Å². The molecule has 100 valence electrons. The predicted molar refractivity (Wildman–Crippen MR) is 82.0 cm³/mol. The van der Waals surface area contributed by atoms with Crippen molar-refractivity contribution in [2.24, 2.45) is 0 Å². The van der Waals surface area contributed by atoms with Crippen molar-refractivity contribution in [2.45, 2.75) is 30.3 Å². The van der Waals surface area contributed by atoms with Gasteiger partial charge in [-0.2, -0.15) is 0 Å². The minimum absolute atomic E-state index is 0.175. The van der Waals surface area contributed by atoms with E-state index in [2.05, 4.69) is 25.1 Å². The molecular formula is C17H20OTe. The van der Waals surface area contributed by atoms with E-state index in [1.54, 1.807) is 0 Å². The van der Waals surface area contributed by atoms with Gasteiger partial charge in [-0.05, 0) is 0 Å². The fourth-order valence-electron chi connectivity index (χ4n) is 1.98. The maximum atomic E-state index is 10.6. The molecule has 1 N–H and O–H groups in total. The zero-order valence-electron chi connectivity index (χ0n) is 11.3. The Labute approximate surface area is 125 Å². The number of rotatable bonds is 6. The summed E-state index contributed by atoms with van der Waals surface area (Å²) in [4.78, 5) is 0. The van der Waals surface area contributed by atoms with Crippen molar-refractivity contribution in [3.63, 3.8) is 0 Å². The first-order chi connectivity index (χ1) is 9.33. The molecule has 0 bridgehead atoms. The average molecular weight is 368 g/mol. The Hall–Kier alpha value is -0.810. The third-order valence-corrected chi connectivity index (χ3v) is 6.44. The second-order valence-corrected chi connectivity index (χ2v) is 7.80. The summed E-state index contributed by atoms with van der Waals surface area (Å²) in [5.74, 6) is 0. The zero-order chi connectivity index (χ0) is 13.5. The Morgan fingerprint density at radius 2 is 1.68 bits per heavy atom. The van der Waals surface area contributed by atoms with Crippen LogP contribution in [0.4, 0.5) is 0 Å². The van der Waals surface area contributed by atoms with Crippen molar-refractivity contribution < 1.29 is 5.11 Å². The van der Waals surface area contributed by atoms with Gasteiger partial charge in [0.05, 0.1) is 0 Å². The van der Waals surface area contributed by atoms with Gasteiger partial charge < -0.3 is 0 Å². The van der Waals surface area contributed by atoms with Crippen molar-refractivity contribution in [3.05, 3.63) is 65.7 Å². The topological polar surface area (TPSA) is 20.2 Å². The van der Waals surface area contributed by atoms with E-state index in [-0.39, 0.29) is 20.9 Å². The van der Waals surface area contributed by atoms with Crippen LogP contribution in [0.25, 0.3) is 0 Å². The molecule has 0 aliphatic rings. The normalized spacial score (nSPS) is 12.3. The molecule has 2 rings (SSSR count). The Bertz CT molecular complexity index is 496. The summed E-state index contributed by atoms with van der Waals surface area (Å²) in [5.41, 5.74) is 2.09. The molecule has 0 amide bonds. The fourth-order valence-corrected chi connectivity index (χ4v) is 5.33. The summed E-state index contributed by atoms with van der Waals surface area (Å²) >= 11 is -0.175. The first-order valence-corrected chi connectivity index (χ1v) is 9.59. The predicted octanol–water partition coefficient (Wildman–Crippen LogP) is 3.32. The Balaban J connectivity index is 2.19. The minimum atomic E-state index is -0.482. The van der Waals surface area contributed by atoms with Crippen molar-refractivity contribution in [1.29, 1.82) is 0 Å². The second-order valence-electron chi connectivity index (χ2n) is 4.55. The Morgan fingerprint density at radius 3 is 2.42 bits per heavy atom. The molecule has 1 atom stereocenters. The second kappa shape index (κ2) is 7.70. The summed E-state index contributed by atoms with van der Waals surface area (Å²) in [6.07, 6.45) is 2.08. The molecule has 0 spiro atoms. The zero-order valence-corrected chi connectivity index (χ0v) is 13.6. The first-order valence-electron chi connectivity index (χ1n) is 6.77. The quantitative estimate of drug-likeness (QED) is 0.613. The van der Waals surface area contributed by atoms with Crippen LogP contribution in [0.5, 0.6) is 0 Å². The Morgan fingerprint density at radius 1 is 1.00 bits per heavy atom. The van der Waals surface area contributed by atoms with Gasteiger partial charge in [-0.1, -0.05) is 0 Å². The van der Waals surface area contributed by atoms with E-state index in [9.17, 15) is 5.11 Å². The molecule has 0 saturated heterocycles. The van der Waals surface area contributed by atoms with E-state index < -0.39 is 6.10 Å². The van der Waals surface area contributed by atoms with Gasteiger partial charge in [0.15, 0.2) is 0 Å². The number of benzene rings is 2. The summed E-state index contributed by atoms with van der Waals surface area (Å²) in [7, 11) is 0. The average Bonchev–Trinajstić information content (AvgIpc) is 2.48. The molecule has 0 fully saturated rings. The monoisotopic (exact) mass is 370 g/mol. The molecule has 2 heteroatoms. The molecule has 0 aliphatic heterocycles. The third-order valence-electron chi connectivity index (χ3n) is 3.08. The van der Waals surface area contributed by atoms with E-state index in [0.29, 0.717) is 0 Å². The number of hydrogen-bond donors (Lipinski definition) is 1. The Kier molecular flexibility index (Phi) is 5.91. The van der Waals surface area contributed by atoms with Crippen LogP contribution >= 0.6 is 0 Å². The van der Waals surface area contributed by atoms with Crippen molar-refractivity contribution in [2.75, 3.05) is 0 Å². The van der Waals surface area contributed by atoms with E-state index in [4.69, 9.17) is 0 Å². The molecule has 1 nitrogen and oxygen atoms in total. The van der Waals surface area contributed by atoms with Gasteiger partial charge in [0.2, 0.25) is 0 Å². The van der Waals surface area contributed by atoms with Gasteiger partial charge in [0.1, 0.15) is 0 Å². The number of aliphatic hydroxyl groups excluding tert-OH is 1. The van der Waals surface area contributed by atoms with Gasteiger partial charge in [-0.25, -0.2) is 0 Å². The first kappa shape index (κ1) is 14.6. The standard InChI is InChI=1S/C17H20OTe/c1-2-3-13-19-16-12-8-7-11-15(16)17(18)14-9-5-4-6-10-14/h4-12,17-18H,2-3,13H2,1H3. The summed E-state index contributed by atoms with van der Waals surface area (Å²) in [6.45, 7) is 2.23. The summed E-state index contributed by atoms with van der Waals surface area (Å²) < 4.78 is 2.72. The van der Waals surface area contributed by atoms with Crippen LogP contribution in [0.15, 0.2) is 54.6 Å². The molecule has 1 unspecified atom stereocenters.